The van der Waals surface area contributed by atoms with Crippen molar-refractivity contribution in [3.05, 3.63) is 65.7 Å². The lowest BCUT2D eigenvalue weighted by atomic mass is 9.88. The van der Waals surface area contributed by atoms with Crippen molar-refractivity contribution in [3.8, 4) is 5.75 Å². The van der Waals surface area contributed by atoms with Crippen LogP contribution in [0.2, 0.25) is 0 Å². The van der Waals surface area contributed by atoms with Crippen LogP contribution in [0, 0.1) is 17.8 Å². The van der Waals surface area contributed by atoms with Crippen molar-refractivity contribution in [1.82, 2.24) is 5.32 Å². The van der Waals surface area contributed by atoms with Crippen molar-refractivity contribution in [1.29, 1.82) is 0 Å². The topological polar surface area (TPSA) is 81.7 Å². The molecule has 0 saturated heterocycles. The molecule has 0 aromatic heterocycles. The van der Waals surface area contributed by atoms with Gasteiger partial charge in [0.15, 0.2) is 5.78 Å². The van der Waals surface area contributed by atoms with Gasteiger partial charge in [-0.1, -0.05) is 88.9 Å². The molecular weight excluding hydrogens is 490 g/mol. The van der Waals surface area contributed by atoms with Crippen LogP contribution >= 0.6 is 0 Å². The quantitative estimate of drug-likeness (QED) is 0.412. The molecule has 0 unspecified atom stereocenters. The summed E-state index contributed by atoms with van der Waals surface area (Å²) < 4.78 is 11.4. The highest BCUT2D eigenvalue weighted by molar-refractivity contribution is 5.91. The molecule has 0 aliphatic carbocycles. The summed E-state index contributed by atoms with van der Waals surface area (Å²) in [4.78, 5) is 39.9. The van der Waals surface area contributed by atoms with Crippen LogP contribution in [0.25, 0.3) is 0 Å². The monoisotopic (exact) mass is 535 g/mol. The maximum absolute atomic E-state index is 13.6. The van der Waals surface area contributed by atoms with E-state index in [1.54, 1.807) is 0 Å². The normalized spacial score (nSPS) is 21.5. The Balaban J connectivity index is 1.79. The number of amides is 1. The maximum atomic E-state index is 13.6. The number of benzene rings is 2. The second kappa shape index (κ2) is 16.1. The molecule has 0 fully saturated rings. The van der Waals surface area contributed by atoms with Crippen LogP contribution < -0.4 is 10.1 Å². The standard InChI is InChI=1S/C33H45NO5/c1-4-25-11-9-6-10-18-38-29-16-14-26(15-17-29)20-28(22-32(36)39-23-27-12-7-5-8-13-27)33(37)34-30(19-24(2)3)31(35)21-25/h5,7-8,12-17,24-25,28,30H,4,6,9-11,18-23H2,1-3H3,(H,34,37)/t25-,28-,30+/m1/s1. The van der Waals surface area contributed by atoms with E-state index in [0.717, 1.165) is 49.0 Å². The zero-order valence-electron chi connectivity index (χ0n) is 23.8. The Kier molecular flexibility index (Phi) is 12.5. The lowest BCUT2D eigenvalue weighted by Gasteiger charge is -2.25. The summed E-state index contributed by atoms with van der Waals surface area (Å²) in [5, 5.41) is 3.05. The lowest BCUT2D eigenvalue weighted by Crippen LogP contribution is -2.45. The van der Waals surface area contributed by atoms with E-state index in [4.69, 9.17) is 9.47 Å². The molecule has 6 heteroatoms. The van der Waals surface area contributed by atoms with Crippen molar-refractivity contribution in [2.24, 2.45) is 17.8 Å². The molecule has 2 aliphatic heterocycles. The molecular formula is C33H45NO5. The lowest BCUT2D eigenvalue weighted by molar-refractivity contribution is -0.148. The van der Waals surface area contributed by atoms with Crippen LogP contribution in [-0.4, -0.2) is 30.3 Å². The van der Waals surface area contributed by atoms with Gasteiger partial charge in [-0.15, -0.1) is 0 Å². The van der Waals surface area contributed by atoms with Crippen molar-refractivity contribution >= 4 is 17.7 Å². The number of nitrogens with one attached hydrogen (secondary N) is 1. The van der Waals surface area contributed by atoms with Gasteiger partial charge in [-0.05, 0) is 54.4 Å². The first kappa shape index (κ1) is 30.4. The molecule has 2 aromatic carbocycles. The fraction of sp³-hybridized carbons (Fsp3) is 0.545. The summed E-state index contributed by atoms with van der Waals surface area (Å²) in [6.45, 7) is 7.06. The zero-order valence-corrected chi connectivity index (χ0v) is 23.8. The molecule has 0 spiro atoms. The number of hydrogen-bond acceptors (Lipinski definition) is 5. The van der Waals surface area contributed by atoms with Gasteiger partial charge in [0.25, 0.3) is 0 Å². The van der Waals surface area contributed by atoms with Crippen LogP contribution in [0.5, 0.6) is 5.75 Å². The van der Waals surface area contributed by atoms with E-state index in [1.165, 1.54) is 0 Å². The largest absolute Gasteiger partial charge is 0.494 e. The van der Waals surface area contributed by atoms with Gasteiger partial charge in [-0.25, -0.2) is 0 Å². The number of rotatable bonds is 7. The minimum absolute atomic E-state index is 0.0584. The van der Waals surface area contributed by atoms with E-state index < -0.39 is 17.9 Å². The van der Waals surface area contributed by atoms with Crippen LogP contribution in [0.4, 0.5) is 0 Å². The first-order valence-corrected chi connectivity index (χ1v) is 14.6. The minimum Gasteiger partial charge on any atom is -0.494 e. The van der Waals surface area contributed by atoms with Gasteiger partial charge in [0, 0.05) is 6.42 Å². The summed E-state index contributed by atoms with van der Waals surface area (Å²) in [6, 6.07) is 16.6. The van der Waals surface area contributed by atoms with Gasteiger partial charge in [0.2, 0.25) is 5.91 Å². The summed E-state index contributed by atoms with van der Waals surface area (Å²) >= 11 is 0. The van der Waals surface area contributed by atoms with Gasteiger partial charge in [0.05, 0.1) is 25.0 Å². The Labute approximate surface area is 233 Å². The molecule has 2 heterocycles. The molecule has 2 bridgehead atoms. The third-order valence-electron chi connectivity index (χ3n) is 7.44. The van der Waals surface area contributed by atoms with Gasteiger partial charge in [-0.3, -0.25) is 14.4 Å². The number of hydrogen-bond donors (Lipinski definition) is 1. The molecule has 2 aromatic rings. The zero-order chi connectivity index (χ0) is 28.0. The van der Waals surface area contributed by atoms with E-state index in [2.05, 4.69) is 26.1 Å². The third kappa shape index (κ3) is 10.9. The Bertz CT molecular complexity index is 1030. The predicted octanol–water partition coefficient (Wildman–Crippen LogP) is 6.45. The Hall–Kier alpha value is -3.15. The van der Waals surface area contributed by atoms with Gasteiger partial charge >= 0.3 is 5.97 Å². The van der Waals surface area contributed by atoms with Crippen LogP contribution in [-0.2, 0) is 32.1 Å². The van der Waals surface area contributed by atoms with E-state index in [1.807, 2.05) is 54.6 Å². The van der Waals surface area contributed by atoms with Gasteiger partial charge in [0.1, 0.15) is 12.4 Å². The van der Waals surface area contributed by atoms with Crippen molar-refractivity contribution in [3.63, 3.8) is 0 Å². The number of ketones is 1. The van der Waals surface area contributed by atoms with Crippen molar-refractivity contribution < 1.29 is 23.9 Å². The van der Waals surface area contributed by atoms with E-state index in [-0.39, 0.29) is 30.6 Å². The fourth-order valence-electron chi connectivity index (χ4n) is 5.07. The van der Waals surface area contributed by atoms with Crippen LogP contribution in [0.1, 0.15) is 83.3 Å². The third-order valence-corrected chi connectivity index (χ3v) is 7.44. The number of Topliss-reactive ketones (excluding diaryl/α,β-unsaturated/α-hetero) is 1. The first-order valence-electron chi connectivity index (χ1n) is 14.6. The summed E-state index contributed by atoms with van der Waals surface area (Å²) in [5.41, 5.74) is 1.82. The number of esters is 1. The number of carbonyl (C=O) groups is 3. The Morgan fingerprint density at radius 2 is 1.74 bits per heavy atom. The number of carbonyl (C=O) groups excluding carboxylic acids is 3. The molecule has 3 atom stereocenters. The van der Waals surface area contributed by atoms with Crippen LogP contribution in [0.3, 0.4) is 0 Å². The van der Waals surface area contributed by atoms with Crippen LogP contribution in [0.15, 0.2) is 54.6 Å². The van der Waals surface area contributed by atoms with Crippen molar-refractivity contribution in [2.75, 3.05) is 6.61 Å². The Morgan fingerprint density at radius 3 is 2.44 bits per heavy atom. The Morgan fingerprint density at radius 1 is 1.00 bits per heavy atom. The highest BCUT2D eigenvalue weighted by Crippen LogP contribution is 2.23. The maximum Gasteiger partial charge on any atom is 0.306 e. The highest BCUT2D eigenvalue weighted by Gasteiger charge is 2.29. The smallest absolute Gasteiger partial charge is 0.306 e. The number of fused-ring (bicyclic) bond motifs is 15. The van der Waals surface area contributed by atoms with Crippen molar-refractivity contribution in [2.45, 2.75) is 91.2 Å². The molecule has 2 aliphatic rings. The summed E-state index contributed by atoms with van der Waals surface area (Å²) in [7, 11) is 0. The fourth-order valence-corrected chi connectivity index (χ4v) is 5.07. The van der Waals surface area contributed by atoms with E-state index in [9.17, 15) is 14.4 Å². The second-order valence-corrected chi connectivity index (χ2v) is 11.2. The highest BCUT2D eigenvalue weighted by atomic mass is 16.5. The molecule has 212 valence electrons. The SMILES string of the molecule is CC[C@@H]1CCCCCOc2ccc(cc2)C[C@H](CC(=O)OCc2ccccc2)C(=O)N[C@@H](CC(C)C)C(=O)C1. The minimum atomic E-state index is -0.650. The molecule has 0 radical (unpaired) electrons. The predicted molar refractivity (Wildman–Crippen MR) is 153 cm³/mol. The average molecular weight is 536 g/mol. The molecule has 1 amide bonds. The average Bonchev–Trinajstić information content (AvgIpc) is 2.93. The molecule has 39 heavy (non-hydrogen) atoms. The van der Waals surface area contributed by atoms with Gasteiger partial charge in [-0.2, -0.15) is 0 Å². The number of ether oxygens (including phenoxy) is 2. The van der Waals surface area contributed by atoms with E-state index >= 15 is 0 Å². The molecule has 1 N–H and O–H groups in total. The first-order chi connectivity index (χ1) is 18.8. The summed E-state index contributed by atoms with van der Waals surface area (Å²) in [5.74, 6) is 0.0844. The van der Waals surface area contributed by atoms with E-state index in [0.29, 0.717) is 31.8 Å². The molecule has 6 nitrogen and oxygen atoms in total. The summed E-state index contributed by atoms with van der Waals surface area (Å²) in [6.07, 6.45) is 6.39. The van der Waals surface area contributed by atoms with Gasteiger partial charge < -0.3 is 14.8 Å². The second-order valence-electron chi connectivity index (χ2n) is 11.2. The molecule has 4 rings (SSSR count). The molecule has 0 saturated carbocycles.